The second kappa shape index (κ2) is 4.87. The summed E-state index contributed by atoms with van der Waals surface area (Å²) in [7, 11) is 0. The van der Waals surface area contributed by atoms with E-state index in [1.807, 2.05) is 27.7 Å². The van der Waals surface area contributed by atoms with Crippen LogP contribution < -0.4 is 0 Å². The Bertz CT molecular complexity index is 921. The second-order valence-electron chi connectivity index (χ2n) is 9.57. The van der Waals surface area contributed by atoms with E-state index in [-0.39, 0.29) is 5.41 Å². The number of aromatic hydroxyl groups is 3. The predicted molar refractivity (Wildman–Crippen MR) is 98.5 cm³/mol. The van der Waals surface area contributed by atoms with Gasteiger partial charge in [0.05, 0.1) is 0 Å². The monoisotopic (exact) mass is 374 g/mol. The van der Waals surface area contributed by atoms with Crippen molar-refractivity contribution in [1.82, 2.24) is 0 Å². The first-order valence-electron chi connectivity index (χ1n) is 9.11. The molecule has 1 aromatic rings. The third-order valence-electron chi connectivity index (χ3n) is 6.66. The molecule has 0 amide bonds. The number of benzene rings is 1. The molecule has 6 nitrogen and oxygen atoms in total. The molecule has 0 saturated heterocycles. The number of aliphatic hydroxyl groups is 3. The fourth-order valence-electron chi connectivity index (χ4n) is 5.78. The summed E-state index contributed by atoms with van der Waals surface area (Å²) >= 11 is 0. The molecule has 0 heterocycles. The molecule has 0 bridgehead atoms. The van der Waals surface area contributed by atoms with Crippen molar-refractivity contribution in [2.75, 3.05) is 0 Å². The normalized spacial score (nSPS) is 32.0. The molecule has 0 aromatic heterocycles. The van der Waals surface area contributed by atoms with Gasteiger partial charge in [0.2, 0.25) is 11.5 Å². The fraction of sp³-hybridized carbons (Fsp3) is 0.524. The zero-order valence-corrected chi connectivity index (χ0v) is 15.9. The number of fused-ring (bicyclic) bond motifs is 3. The highest BCUT2D eigenvalue weighted by Gasteiger charge is 2.62. The topological polar surface area (TPSA) is 121 Å². The summed E-state index contributed by atoms with van der Waals surface area (Å²) in [6.07, 6.45) is 2.29. The highest BCUT2D eigenvalue weighted by Crippen LogP contribution is 2.68. The lowest BCUT2D eigenvalue weighted by atomic mass is 9.68. The van der Waals surface area contributed by atoms with Gasteiger partial charge in [-0.15, -0.1) is 0 Å². The van der Waals surface area contributed by atoms with Crippen LogP contribution in [0.15, 0.2) is 29.4 Å². The summed E-state index contributed by atoms with van der Waals surface area (Å²) in [4.78, 5) is 0. The average Bonchev–Trinajstić information content (AvgIpc) is 2.87. The van der Waals surface area contributed by atoms with Crippen molar-refractivity contribution < 1.29 is 30.6 Å². The Kier molecular flexibility index (Phi) is 3.31. The molecule has 3 aliphatic rings. The van der Waals surface area contributed by atoms with Crippen molar-refractivity contribution >= 4 is 0 Å². The fourth-order valence-corrected chi connectivity index (χ4v) is 5.78. The van der Waals surface area contributed by atoms with Gasteiger partial charge in [-0.3, -0.25) is 0 Å². The lowest BCUT2D eigenvalue weighted by Gasteiger charge is -2.38. The lowest BCUT2D eigenvalue weighted by Crippen LogP contribution is -2.47. The van der Waals surface area contributed by atoms with Crippen molar-refractivity contribution in [1.29, 1.82) is 0 Å². The van der Waals surface area contributed by atoms with Gasteiger partial charge in [0.15, 0.2) is 11.5 Å². The van der Waals surface area contributed by atoms with Gasteiger partial charge >= 0.3 is 0 Å². The predicted octanol–water partition coefficient (Wildman–Crippen LogP) is 2.06. The van der Waals surface area contributed by atoms with Crippen LogP contribution in [0, 0.1) is 5.41 Å². The van der Waals surface area contributed by atoms with Crippen molar-refractivity contribution in [2.24, 2.45) is 5.41 Å². The van der Waals surface area contributed by atoms with Gasteiger partial charge < -0.3 is 30.6 Å². The highest BCUT2D eigenvalue weighted by atomic mass is 16.5. The average molecular weight is 374 g/mol. The summed E-state index contributed by atoms with van der Waals surface area (Å²) in [6, 6.07) is 1.46. The van der Waals surface area contributed by atoms with Gasteiger partial charge in [-0.1, -0.05) is 33.8 Å². The van der Waals surface area contributed by atoms with Gasteiger partial charge in [-0.25, -0.2) is 0 Å². The van der Waals surface area contributed by atoms with E-state index in [1.165, 1.54) is 12.1 Å². The molecular formula is C21H26O6. The zero-order valence-electron chi connectivity index (χ0n) is 15.9. The number of aliphatic hydroxyl groups excluding tert-OH is 1. The Labute approximate surface area is 157 Å². The Morgan fingerprint density at radius 2 is 1.52 bits per heavy atom. The maximum absolute atomic E-state index is 10.9. The Morgan fingerprint density at radius 3 is 2.15 bits per heavy atom. The Balaban J connectivity index is 2.08. The smallest absolute Gasteiger partial charge is 0.214 e. The standard InChI is InChI=1S/C21H26O6/c1-18(2)8-20(14-10(18)5-6-21(26,27)17(14)25)9-19(3,4)11-7-12(22)15(23)16(24)13(11)20/h5-7,17,22-27H,8-9H2,1-4H3. The van der Waals surface area contributed by atoms with E-state index in [0.29, 0.717) is 29.5 Å². The van der Waals surface area contributed by atoms with E-state index >= 15 is 0 Å². The van der Waals surface area contributed by atoms with Gasteiger partial charge in [-0.05, 0) is 52.5 Å². The molecule has 1 spiro atoms. The van der Waals surface area contributed by atoms with E-state index in [1.54, 1.807) is 6.08 Å². The number of phenolic OH excluding ortho intramolecular Hbond substituents is 3. The molecule has 6 N–H and O–H groups in total. The Hall–Kier alpha value is -2.02. The SMILES string of the molecule is CC1(C)CC2(CC(C)(C)c3cc(O)c(O)c(O)c32)C2=C1C=CC(O)(O)C2O. The summed E-state index contributed by atoms with van der Waals surface area (Å²) in [5.74, 6) is -3.82. The summed E-state index contributed by atoms with van der Waals surface area (Å²) < 4.78 is 0. The maximum Gasteiger partial charge on any atom is 0.214 e. The zero-order chi connectivity index (χ0) is 20.2. The summed E-state index contributed by atoms with van der Waals surface area (Å²) in [6.45, 7) is 7.97. The number of phenols is 3. The summed E-state index contributed by atoms with van der Waals surface area (Å²) in [5, 5.41) is 62.4. The second-order valence-corrected chi connectivity index (χ2v) is 9.57. The van der Waals surface area contributed by atoms with E-state index < -0.39 is 40.0 Å². The maximum atomic E-state index is 10.9. The molecule has 27 heavy (non-hydrogen) atoms. The van der Waals surface area contributed by atoms with Crippen LogP contribution in [0.4, 0.5) is 0 Å². The van der Waals surface area contributed by atoms with Crippen LogP contribution in [0.3, 0.4) is 0 Å². The molecule has 3 aliphatic carbocycles. The number of hydrogen-bond donors (Lipinski definition) is 6. The Morgan fingerprint density at radius 1 is 0.926 bits per heavy atom. The van der Waals surface area contributed by atoms with Crippen molar-refractivity contribution in [2.45, 2.75) is 63.3 Å². The third-order valence-corrected chi connectivity index (χ3v) is 6.66. The van der Waals surface area contributed by atoms with E-state index in [2.05, 4.69) is 0 Å². The molecule has 146 valence electrons. The van der Waals surface area contributed by atoms with Crippen LogP contribution in [0.1, 0.15) is 51.7 Å². The third kappa shape index (κ3) is 2.12. The molecule has 4 rings (SSSR count). The van der Waals surface area contributed by atoms with Crippen LogP contribution in [0.5, 0.6) is 17.2 Å². The van der Waals surface area contributed by atoms with Crippen LogP contribution in [-0.4, -0.2) is 42.5 Å². The lowest BCUT2D eigenvalue weighted by molar-refractivity contribution is -0.180. The van der Waals surface area contributed by atoms with Crippen LogP contribution in [0.2, 0.25) is 0 Å². The quantitative estimate of drug-likeness (QED) is 0.305. The largest absolute Gasteiger partial charge is 0.504 e. The van der Waals surface area contributed by atoms with E-state index in [9.17, 15) is 30.6 Å². The molecular weight excluding hydrogens is 348 g/mol. The number of rotatable bonds is 0. The molecule has 0 fully saturated rings. The molecule has 2 unspecified atom stereocenters. The molecule has 0 radical (unpaired) electrons. The minimum absolute atomic E-state index is 0.388. The minimum Gasteiger partial charge on any atom is -0.504 e. The van der Waals surface area contributed by atoms with Crippen molar-refractivity contribution in [3.05, 3.63) is 40.5 Å². The van der Waals surface area contributed by atoms with Crippen LogP contribution in [-0.2, 0) is 10.8 Å². The first-order valence-corrected chi connectivity index (χ1v) is 9.11. The van der Waals surface area contributed by atoms with E-state index in [0.717, 1.165) is 5.57 Å². The number of hydrogen-bond acceptors (Lipinski definition) is 6. The molecule has 0 saturated carbocycles. The minimum atomic E-state index is -2.41. The van der Waals surface area contributed by atoms with Crippen molar-refractivity contribution in [3.63, 3.8) is 0 Å². The van der Waals surface area contributed by atoms with Crippen LogP contribution in [0.25, 0.3) is 0 Å². The first-order chi connectivity index (χ1) is 12.2. The molecule has 6 heteroatoms. The highest BCUT2D eigenvalue weighted by molar-refractivity contribution is 5.69. The van der Waals surface area contributed by atoms with Gasteiger partial charge in [0.1, 0.15) is 6.10 Å². The van der Waals surface area contributed by atoms with Gasteiger partial charge in [-0.2, -0.15) is 0 Å². The number of allylic oxidation sites excluding steroid dienone is 2. The van der Waals surface area contributed by atoms with Crippen molar-refractivity contribution in [3.8, 4) is 17.2 Å². The first kappa shape index (κ1) is 18.3. The van der Waals surface area contributed by atoms with Gasteiger partial charge in [0, 0.05) is 11.0 Å². The molecule has 2 atom stereocenters. The molecule has 1 aromatic carbocycles. The van der Waals surface area contributed by atoms with Crippen LogP contribution >= 0.6 is 0 Å². The summed E-state index contributed by atoms with van der Waals surface area (Å²) in [5.41, 5.74) is 0.672. The molecule has 0 aliphatic heterocycles. The van der Waals surface area contributed by atoms with Gasteiger partial charge in [0.25, 0.3) is 0 Å². The van der Waals surface area contributed by atoms with E-state index in [4.69, 9.17) is 0 Å².